The van der Waals surface area contributed by atoms with Gasteiger partial charge in [0.25, 0.3) is 5.91 Å². The van der Waals surface area contributed by atoms with Crippen LogP contribution in [-0.2, 0) is 13.0 Å². The van der Waals surface area contributed by atoms with Crippen LogP contribution in [0.5, 0.6) is 5.75 Å². The van der Waals surface area contributed by atoms with Crippen LogP contribution >= 0.6 is 11.3 Å². The highest BCUT2D eigenvalue weighted by atomic mass is 32.1. The van der Waals surface area contributed by atoms with Crippen LogP contribution in [0.1, 0.15) is 21.2 Å². The number of ether oxygens (including phenoxy) is 1. The van der Waals surface area contributed by atoms with Gasteiger partial charge in [-0.25, -0.2) is 4.98 Å². The van der Waals surface area contributed by atoms with Crippen LogP contribution in [0.25, 0.3) is 0 Å². The molecule has 4 rings (SSSR count). The molecule has 0 unspecified atom stereocenters. The number of hydrogen-bond donors (Lipinski definition) is 1. The van der Waals surface area contributed by atoms with Gasteiger partial charge in [0.15, 0.2) is 0 Å². The van der Waals surface area contributed by atoms with E-state index < -0.39 is 0 Å². The number of methoxy groups -OCH3 is 1. The topological polar surface area (TPSA) is 70.6 Å². The molecule has 2 aromatic heterocycles. The number of amides is 1. The Kier molecular flexibility index (Phi) is 7.11. The van der Waals surface area contributed by atoms with E-state index in [9.17, 15) is 4.79 Å². The number of thiazole rings is 1. The molecular weight excluding hydrogens is 410 g/mol. The first kappa shape index (κ1) is 21.3. The molecule has 1 aliphatic rings. The van der Waals surface area contributed by atoms with E-state index in [0.29, 0.717) is 18.7 Å². The first-order chi connectivity index (χ1) is 15.2. The minimum absolute atomic E-state index is 0.122. The van der Waals surface area contributed by atoms with Gasteiger partial charge in [-0.3, -0.25) is 14.7 Å². The van der Waals surface area contributed by atoms with E-state index in [-0.39, 0.29) is 5.91 Å². The molecule has 162 valence electrons. The molecule has 0 spiro atoms. The average molecular weight is 438 g/mol. The van der Waals surface area contributed by atoms with Crippen molar-refractivity contribution < 1.29 is 9.53 Å². The van der Waals surface area contributed by atoms with Crippen molar-refractivity contribution in [1.29, 1.82) is 0 Å². The maximum atomic E-state index is 12.4. The Hall–Kier alpha value is -2.97. The molecule has 0 saturated carbocycles. The Balaban J connectivity index is 1.22. The molecule has 0 radical (unpaired) electrons. The number of carbonyl (C=O) groups is 1. The molecule has 7 nitrogen and oxygen atoms in total. The van der Waals surface area contributed by atoms with Gasteiger partial charge in [0.05, 0.1) is 13.7 Å². The zero-order valence-electron chi connectivity index (χ0n) is 17.7. The lowest BCUT2D eigenvalue weighted by molar-refractivity contribution is 0.0949. The summed E-state index contributed by atoms with van der Waals surface area (Å²) in [6.45, 7) is 5.21. The minimum atomic E-state index is -0.122. The molecule has 0 aliphatic carbocycles. The fourth-order valence-corrected chi connectivity index (χ4v) is 4.39. The van der Waals surface area contributed by atoms with Gasteiger partial charge in [0.1, 0.15) is 16.5 Å². The molecule has 3 aromatic rings. The van der Waals surface area contributed by atoms with Crippen molar-refractivity contribution >= 4 is 22.9 Å². The summed E-state index contributed by atoms with van der Waals surface area (Å²) < 4.78 is 5.24. The van der Waals surface area contributed by atoms with E-state index >= 15 is 0 Å². The van der Waals surface area contributed by atoms with Gasteiger partial charge < -0.3 is 15.0 Å². The van der Waals surface area contributed by atoms with Crippen molar-refractivity contribution in [3.63, 3.8) is 0 Å². The van der Waals surface area contributed by atoms with Crippen molar-refractivity contribution in [2.75, 3.05) is 44.7 Å². The predicted octanol–water partition coefficient (Wildman–Crippen LogP) is 2.84. The fraction of sp³-hybridized carbons (Fsp3) is 0.348. The molecule has 8 heteroatoms. The van der Waals surface area contributed by atoms with Crippen molar-refractivity contribution in [3.05, 3.63) is 70.4 Å². The van der Waals surface area contributed by atoms with Gasteiger partial charge in [0, 0.05) is 62.1 Å². The molecule has 31 heavy (non-hydrogen) atoms. The number of aromatic nitrogens is 2. The molecule has 1 N–H and O–H groups in total. The Morgan fingerprint density at radius 2 is 1.94 bits per heavy atom. The summed E-state index contributed by atoms with van der Waals surface area (Å²) in [4.78, 5) is 26.0. The molecule has 1 saturated heterocycles. The molecule has 0 atom stereocenters. The van der Waals surface area contributed by atoms with Crippen molar-refractivity contribution in [2.45, 2.75) is 13.0 Å². The first-order valence-electron chi connectivity index (χ1n) is 10.4. The predicted molar refractivity (Wildman–Crippen MR) is 123 cm³/mol. The minimum Gasteiger partial charge on any atom is -0.497 e. The second-order valence-electron chi connectivity index (χ2n) is 7.41. The van der Waals surface area contributed by atoms with Crippen LogP contribution in [0.3, 0.4) is 0 Å². The maximum Gasteiger partial charge on any atom is 0.270 e. The molecule has 3 heterocycles. The van der Waals surface area contributed by atoms with Crippen molar-refractivity contribution in [3.8, 4) is 5.75 Å². The zero-order valence-corrected chi connectivity index (χ0v) is 18.5. The average Bonchev–Trinajstić information content (AvgIpc) is 3.29. The smallest absolute Gasteiger partial charge is 0.270 e. The van der Waals surface area contributed by atoms with E-state index in [1.54, 1.807) is 24.6 Å². The number of rotatable bonds is 8. The van der Waals surface area contributed by atoms with E-state index in [1.165, 1.54) is 5.69 Å². The number of anilines is 1. The Labute approximate surface area is 186 Å². The number of carbonyl (C=O) groups excluding carboxylic acids is 1. The maximum absolute atomic E-state index is 12.4. The molecule has 0 bridgehead atoms. The normalized spacial score (nSPS) is 14.4. The quantitative estimate of drug-likeness (QED) is 0.584. The van der Waals surface area contributed by atoms with Crippen molar-refractivity contribution in [1.82, 2.24) is 20.2 Å². The van der Waals surface area contributed by atoms with Gasteiger partial charge >= 0.3 is 0 Å². The van der Waals surface area contributed by atoms with Gasteiger partial charge in [-0.2, -0.15) is 0 Å². The van der Waals surface area contributed by atoms with Crippen LogP contribution < -0.4 is 15.0 Å². The SMILES string of the molecule is COc1ccc(N2CCN(Cc3nc(C(=O)NCCc4ccccn4)cs3)CC2)cc1. The third-order valence-corrected chi connectivity index (χ3v) is 6.18. The van der Waals surface area contributed by atoms with E-state index in [1.807, 2.05) is 35.7 Å². The molecule has 1 aliphatic heterocycles. The lowest BCUT2D eigenvalue weighted by Crippen LogP contribution is -2.45. The molecule has 1 amide bonds. The molecule has 1 aromatic carbocycles. The second kappa shape index (κ2) is 10.4. The molecule has 1 fully saturated rings. The largest absolute Gasteiger partial charge is 0.497 e. The van der Waals surface area contributed by atoms with Crippen molar-refractivity contribution in [2.24, 2.45) is 0 Å². The summed E-state index contributed by atoms with van der Waals surface area (Å²) in [5.74, 6) is 0.755. The summed E-state index contributed by atoms with van der Waals surface area (Å²) in [7, 11) is 1.68. The monoisotopic (exact) mass is 437 g/mol. The standard InChI is InChI=1S/C23H27N5O2S/c1-30-20-7-5-19(6-8-20)28-14-12-27(13-15-28)16-22-26-21(17-31-22)23(29)25-11-9-18-4-2-3-10-24-18/h2-8,10,17H,9,11-16H2,1H3,(H,25,29). The second-order valence-corrected chi connectivity index (χ2v) is 8.36. The fourth-order valence-electron chi connectivity index (χ4n) is 3.58. The Bertz CT molecular complexity index is 969. The molecular formula is C23H27N5O2S. The number of hydrogen-bond acceptors (Lipinski definition) is 7. The van der Waals surface area contributed by atoms with Gasteiger partial charge in [-0.15, -0.1) is 11.3 Å². The van der Waals surface area contributed by atoms with Crippen LogP contribution in [-0.4, -0.2) is 60.6 Å². The zero-order chi connectivity index (χ0) is 21.5. The summed E-state index contributed by atoms with van der Waals surface area (Å²) in [5.41, 5.74) is 2.69. The van der Waals surface area contributed by atoms with E-state index in [0.717, 1.165) is 49.2 Å². The summed E-state index contributed by atoms with van der Waals surface area (Å²) in [5, 5.41) is 5.76. The van der Waals surface area contributed by atoms with E-state index in [4.69, 9.17) is 4.74 Å². The highest BCUT2D eigenvalue weighted by Crippen LogP contribution is 2.21. The summed E-state index contributed by atoms with van der Waals surface area (Å²) in [6, 6.07) is 14.0. The lowest BCUT2D eigenvalue weighted by Gasteiger charge is -2.35. The number of nitrogens with one attached hydrogen (secondary N) is 1. The number of pyridine rings is 1. The van der Waals surface area contributed by atoms with E-state index in [2.05, 4.69) is 37.2 Å². The Morgan fingerprint density at radius 1 is 1.13 bits per heavy atom. The van der Waals surface area contributed by atoms with Gasteiger partial charge in [-0.1, -0.05) is 6.07 Å². The summed E-state index contributed by atoms with van der Waals surface area (Å²) in [6.07, 6.45) is 2.47. The van der Waals surface area contributed by atoms with Gasteiger partial charge in [-0.05, 0) is 36.4 Å². The number of benzene rings is 1. The summed E-state index contributed by atoms with van der Waals surface area (Å²) >= 11 is 1.55. The van der Waals surface area contributed by atoms with Crippen LogP contribution in [0.15, 0.2) is 54.0 Å². The third kappa shape index (κ3) is 5.80. The third-order valence-electron chi connectivity index (χ3n) is 5.35. The van der Waals surface area contributed by atoms with Crippen LogP contribution in [0, 0.1) is 0 Å². The van der Waals surface area contributed by atoms with Crippen LogP contribution in [0.2, 0.25) is 0 Å². The van der Waals surface area contributed by atoms with Crippen LogP contribution in [0.4, 0.5) is 5.69 Å². The Morgan fingerprint density at radius 3 is 2.65 bits per heavy atom. The first-order valence-corrected chi connectivity index (χ1v) is 11.3. The highest BCUT2D eigenvalue weighted by Gasteiger charge is 2.19. The van der Waals surface area contributed by atoms with Gasteiger partial charge in [0.2, 0.25) is 0 Å². The number of piperazine rings is 1. The highest BCUT2D eigenvalue weighted by molar-refractivity contribution is 7.09. The lowest BCUT2D eigenvalue weighted by atomic mass is 10.2. The number of nitrogens with zero attached hydrogens (tertiary/aromatic N) is 4.